The van der Waals surface area contributed by atoms with Crippen molar-refractivity contribution in [2.75, 3.05) is 13.6 Å². The second-order valence-electron chi connectivity index (χ2n) is 4.58. The molecule has 0 spiro atoms. The highest BCUT2D eigenvalue weighted by Gasteiger charge is 2.26. The maximum Gasteiger partial charge on any atom is 0.163 e. The summed E-state index contributed by atoms with van der Waals surface area (Å²) in [5.74, 6) is 1.08. The predicted octanol–water partition coefficient (Wildman–Crippen LogP) is 1.80. The van der Waals surface area contributed by atoms with Gasteiger partial charge in [0.2, 0.25) is 0 Å². The van der Waals surface area contributed by atoms with E-state index in [9.17, 15) is 0 Å². The molecule has 0 amide bonds. The lowest BCUT2D eigenvalue weighted by molar-refractivity contribution is 0.304. The Balaban J connectivity index is 2.14. The summed E-state index contributed by atoms with van der Waals surface area (Å²) in [6.07, 6.45) is 4.50. The minimum absolute atomic E-state index is 0.428. The first-order valence-corrected chi connectivity index (χ1v) is 5.78. The second-order valence-corrected chi connectivity index (χ2v) is 4.58. The van der Waals surface area contributed by atoms with Crippen LogP contribution in [0.4, 0.5) is 0 Å². The number of fused-ring (bicyclic) bond motifs is 1. The molecule has 0 N–H and O–H groups in total. The van der Waals surface area contributed by atoms with E-state index in [1.807, 2.05) is 0 Å². The van der Waals surface area contributed by atoms with Crippen molar-refractivity contribution in [3.63, 3.8) is 0 Å². The third kappa shape index (κ3) is 1.33. The van der Waals surface area contributed by atoms with Gasteiger partial charge in [0, 0.05) is 6.20 Å². The molecule has 4 heteroatoms. The lowest BCUT2D eigenvalue weighted by atomic mass is 10.2. The number of rotatable bonds is 1. The van der Waals surface area contributed by atoms with Gasteiger partial charge in [0.15, 0.2) is 11.5 Å². The van der Waals surface area contributed by atoms with Crippen LogP contribution in [-0.4, -0.2) is 33.1 Å². The zero-order valence-electron chi connectivity index (χ0n) is 9.72. The van der Waals surface area contributed by atoms with Crippen LogP contribution in [0, 0.1) is 6.92 Å². The van der Waals surface area contributed by atoms with Crippen LogP contribution in [-0.2, 0) is 0 Å². The Morgan fingerprint density at radius 2 is 2.25 bits per heavy atom. The monoisotopic (exact) mass is 216 g/mol. The van der Waals surface area contributed by atoms with Crippen LogP contribution < -0.4 is 0 Å². The van der Waals surface area contributed by atoms with Crippen LogP contribution in [0.3, 0.4) is 0 Å². The Kier molecular flexibility index (Phi) is 2.17. The Labute approximate surface area is 94.9 Å². The molecule has 0 bridgehead atoms. The molecule has 1 aliphatic rings. The summed E-state index contributed by atoms with van der Waals surface area (Å²) in [5, 5.41) is 8.64. The fourth-order valence-corrected chi connectivity index (χ4v) is 2.53. The molecule has 0 radical (unpaired) electrons. The van der Waals surface area contributed by atoms with E-state index in [2.05, 4.69) is 51.8 Å². The number of aromatic nitrogens is 3. The van der Waals surface area contributed by atoms with Crippen LogP contribution in [0.5, 0.6) is 0 Å². The smallest absolute Gasteiger partial charge is 0.163 e. The van der Waals surface area contributed by atoms with Gasteiger partial charge in [-0.1, -0.05) is 6.07 Å². The third-order valence-electron chi connectivity index (χ3n) is 3.47. The summed E-state index contributed by atoms with van der Waals surface area (Å²) < 4.78 is 2.13. The van der Waals surface area contributed by atoms with Crippen molar-refractivity contribution >= 4 is 5.65 Å². The summed E-state index contributed by atoms with van der Waals surface area (Å²) >= 11 is 0. The van der Waals surface area contributed by atoms with Gasteiger partial charge in [0.25, 0.3) is 0 Å². The minimum Gasteiger partial charge on any atom is -0.296 e. The number of aryl methyl sites for hydroxylation is 1. The highest BCUT2D eigenvalue weighted by molar-refractivity contribution is 5.46. The fraction of sp³-hybridized carbons (Fsp3) is 0.500. The maximum atomic E-state index is 4.36. The van der Waals surface area contributed by atoms with Crippen molar-refractivity contribution in [3.8, 4) is 0 Å². The quantitative estimate of drug-likeness (QED) is 0.729. The van der Waals surface area contributed by atoms with Gasteiger partial charge in [-0.3, -0.25) is 9.30 Å². The van der Waals surface area contributed by atoms with E-state index >= 15 is 0 Å². The number of likely N-dealkylation sites (tertiary alicyclic amines) is 1. The van der Waals surface area contributed by atoms with Crippen molar-refractivity contribution < 1.29 is 0 Å². The normalized spacial score (nSPS) is 22.0. The highest BCUT2D eigenvalue weighted by atomic mass is 15.3. The molecule has 0 aromatic carbocycles. The molecule has 1 fully saturated rings. The molecular weight excluding hydrogens is 200 g/mol. The van der Waals surface area contributed by atoms with Crippen LogP contribution in [0.2, 0.25) is 0 Å². The first-order chi connectivity index (χ1) is 7.77. The van der Waals surface area contributed by atoms with Gasteiger partial charge >= 0.3 is 0 Å². The average Bonchev–Trinajstić information content (AvgIpc) is 2.84. The minimum atomic E-state index is 0.428. The molecule has 3 rings (SSSR count). The SMILES string of the molecule is Cc1cccn2c(C3CCCN3C)nnc12. The van der Waals surface area contributed by atoms with Crippen LogP contribution >= 0.6 is 0 Å². The summed E-state index contributed by atoms with van der Waals surface area (Å²) in [6, 6.07) is 4.56. The summed E-state index contributed by atoms with van der Waals surface area (Å²) in [4.78, 5) is 2.36. The summed E-state index contributed by atoms with van der Waals surface area (Å²) in [5.41, 5.74) is 2.17. The third-order valence-corrected chi connectivity index (χ3v) is 3.47. The van der Waals surface area contributed by atoms with Crippen LogP contribution in [0.1, 0.15) is 30.3 Å². The van der Waals surface area contributed by atoms with Gasteiger partial charge in [0.1, 0.15) is 0 Å². The molecule has 1 atom stereocenters. The Morgan fingerprint density at radius 1 is 1.38 bits per heavy atom. The molecule has 1 aliphatic heterocycles. The molecule has 2 aromatic rings. The number of hydrogen-bond acceptors (Lipinski definition) is 3. The van der Waals surface area contributed by atoms with E-state index in [1.165, 1.54) is 18.4 Å². The van der Waals surface area contributed by atoms with E-state index in [0.717, 1.165) is 18.0 Å². The number of nitrogens with zero attached hydrogens (tertiary/aromatic N) is 4. The first kappa shape index (κ1) is 9.78. The molecule has 84 valence electrons. The molecule has 2 aromatic heterocycles. The Morgan fingerprint density at radius 3 is 3.00 bits per heavy atom. The van der Waals surface area contributed by atoms with Crippen LogP contribution in [0.15, 0.2) is 18.3 Å². The average molecular weight is 216 g/mol. The van der Waals surface area contributed by atoms with Crippen molar-refractivity contribution in [2.45, 2.75) is 25.8 Å². The van der Waals surface area contributed by atoms with Gasteiger partial charge < -0.3 is 0 Å². The van der Waals surface area contributed by atoms with Crippen molar-refractivity contribution in [2.24, 2.45) is 0 Å². The second kappa shape index (κ2) is 3.56. The summed E-state index contributed by atoms with van der Waals surface area (Å²) in [6.45, 7) is 3.23. The topological polar surface area (TPSA) is 33.4 Å². The van der Waals surface area contributed by atoms with E-state index in [1.54, 1.807) is 0 Å². The van der Waals surface area contributed by atoms with Crippen molar-refractivity contribution in [1.82, 2.24) is 19.5 Å². The zero-order valence-corrected chi connectivity index (χ0v) is 9.72. The number of hydrogen-bond donors (Lipinski definition) is 0. The van der Waals surface area contributed by atoms with Crippen LogP contribution in [0.25, 0.3) is 5.65 Å². The molecule has 3 heterocycles. The van der Waals surface area contributed by atoms with Gasteiger partial charge in [-0.2, -0.15) is 0 Å². The standard InChI is InChI=1S/C12H16N4/c1-9-5-3-8-16-11(9)13-14-12(16)10-6-4-7-15(10)2/h3,5,8,10H,4,6-7H2,1-2H3. The predicted molar refractivity (Wildman–Crippen MR) is 62.3 cm³/mol. The van der Waals surface area contributed by atoms with Crippen molar-refractivity contribution in [1.29, 1.82) is 0 Å². The summed E-state index contributed by atoms with van der Waals surface area (Å²) in [7, 11) is 2.16. The molecule has 16 heavy (non-hydrogen) atoms. The number of pyridine rings is 1. The molecule has 1 unspecified atom stereocenters. The lowest BCUT2D eigenvalue weighted by Gasteiger charge is -2.17. The largest absolute Gasteiger partial charge is 0.296 e. The molecule has 4 nitrogen and oxygen atoms in total. The van der Waals surface area contributed by atoms with Gasteiger partial charge in [-0.15, -0.1) is 10.2 Å². The van der Waals surface area contributed by atoms with E-state index in [4.69, 9.17) is 0 Å². The molecular formula is C12H16N4. The fourth-order valence-electron chi connectivity index (χ4n) is 2.53. The van der Waals surface area contributed by atoms with Gasteiger partial charge in [0.05, 0.1) is 6.04 Å². The maximum absolute atomic E-state index is 4.36. The Bertz CT molecular complexity index is 517. The van der Waals surface area contributed by atoms with Gasteiger partial charge in [-0.05, 0) is 45.0 Å². The highest BCUT2D eigenvalue weighted by Crippen LogP contribution is 2.29. The molecule has 0 aliphatic carbocycles. The molecule has 1 saturated heterocycles. The zero-order chi connectivity index (χ0) is 11.1. The lowest BCUT2D eigenvalue weighted by Crippen LogP contribution is -2.19. The molecule has 0 saturated carbocycles. The van der Waals surface area contributed by atoms with Crippen molar-refractivity contribution in [3.05, 3.63) is 29.7 Å². The van der Waals surface area contributed by atoms with Gasteiger partial charge in [-0.25, -0.2) is 0 Å². The van der Waals surface area contributed by atoms with E-state index in [0.29, 0.717) is 6.04 Å². The van der Waals surface area contributed by atoms with E-state index in [-0.39, 0.29) is 0 Å². The van der Waals surface area contributed by atoms with E-state index < -0.39 is 0 Å². The first-order valence-electron chi connectivity index (χ1n) is 5.78. The Hall–Kier alpha value is -1.42.